The summed E-state index contributed by atoms with van der Waals surface area (Å²) in [4.78, 5) is 17.2. The number of hydrogen-bond donors (Lipinski definition) is 1. The number of halogens is 3. The molecule has 4 rings (SSSR count). The molecular weight excluding hydrogens is 463 g/mol. The normalized spacial score (nSPS) is 12.2. The number of pyridine rings is 2. The Balaban J connectivity index is 1.71. The standard InChI is InChI=1S/C20H14F3N5O2S2/c1-11-8-14(13-2-4-17(26-10-13)20(21,22)23)28-19(27-11)12-6-7-25-15(9-12)16-3-5-18(31-16)32(24,29)30/h2-10H,1H3,(H2,24,29,30). The van der Waals surface area contributed by atoms with Crippen LogP contribution in [0.5, 0.6) is 0 Å². The number of sulfonamides is 1. The first-order valence-electron chi connectivity index (χ1n) is 8.99. The summed E-state index contributed by atoms with van der Waals surface area (Å²) in [5.74, 6) is 0.340. The van der Waals surface area contributed by atoms with E-state index in [0.717, 1.165) is 23.6 Å². The third-order valence-corrected chi connectivity index (χ3v) is 6.88. The van der Waals surface area contributed by atoms with Crippen molar-refractivity contribution < 1.29 is 21.6 Å². The number of rotatable bonds is 4. The van der Waals surface area contributed by atoms with Gasteiger partial charge in [-0.25, -0.2) is 23.5 Å². The van der Waals surface area contributed by atoms with Crippen molar-refractivity contribution in [2.24, 2.45) is 5.14 Å². The maximum atomic E-state index is 12.8. The molecule has 0 bridgehead atoms. The Morgan fingerprint density at radius 1 is 0.938 bits per heavy atom. The van der Waals surface area contributed by atoms with E-state index in [2.05, 4.69) is 19.9 Å². The van der Waals surface area contributed by atoms with Crippen molar-refractivity contribution in [1.29, 1.82) is 0 Å². The lowest BCUT2D eigenvalue weighted by Crippen LogP contribution is -2.09. The molecule has 7 nitrogen and oxygen atoms in total. The van der Waals surface area contributed by atoms with Crippen LogP contribution in [-0.2, 0) is 16.2 Å². The summed E-state index contributed by atoms with van der Waals surface area (Å²) in [7, 11) is -3.82. The van der Waals surface area contributed by atoms with Crippen molar-refractivity contribution in [3.05, 3.63) is 66.2 Å². The summed E-state index contributed by atoms with van der Waals surface area (Å²) in [5, 5.41) is 5.17. The van der Waals surface area contributed by atoms with Gasteiger partial charge >= 0.3 is 6.18 Å². The second-order valence-electron chi connectivity index (χ2n) is 6.74. The summed E-state index contributed by atoms with van der Waals surface area (Å²) in [6.45, 7) is 1.74. The summed E-state index contributed by atoms with van der Waals surface area (Å²) in [6.07, 6.45) is -1.87. The molecule has 12 heteroatoms. The van der Waals surface area contributed by atoms with E-state index in [0.29, 0.717) is 38.9 Å². The fourth-order valence-electron chi connectivity index (χ4n) is 2.87. The van der Waals surface area contributed by atoms with Gasteiger partial charge in [0, 0.05) is 29.2 Å². The van der Waals surface area contributed by atoms with Crippen LogP contribution in [0.15, 0.2) is 59.1 Å². The van der Waals surface area contributed by atoms with Gasteiger partial charge in [0.1, 0.15) is 9.90 Å². The van der Waals surface area contributed by atoms with Gasteiger partial charge in [-0.3, -0.25) is 9.97 Å². The molecule has 0 amide bonds. The van der Waals surface area contributed by atoms with Gasteiger partial charge in [0.25, 0.3) is 0 Å². The first-order chi connectivity index (χ1) is 15.0. The smallest absolute Gasteiger partial charge is 0.255 e. The second-order valence-corrected chi connectivity index (χ2v) is 9.61. The molecule has 0 fully saturated rings. The summed E-state index contributed by atoms with van der Waals surface area (Å²) < 4.78 is 61.4. The number of nitrogens with zero attached hydrogens (tertiary/aromatic N) is 4. The Morgan fingerprint density at radius 2 is 1.72 bits per heavy atom. The van der Waals surface area contributed by atoms with Crippen molar-refractivity contribution >= 4 is 21.4 Å². The van der Waals surface area contributed by atoms with E-state index in [-0.39, 0.29) is 4.21 Å². The van der Waals surface area contributed by atoms with E-state index in [1.165, 1.54) is 18.3 Å². The number of aromatic nitrogens is 4. The molecule has 2 N–H and O–H groups in total. The predicted octanol–water partition coefficient (Wildman–Crippen LogP) is 4.30. The lowest BCUT2D eigenvalue weighted by atomic mass is 10.1. The Bertz CT molecular complexity index is 1400. The molecule has 0 aliphatic rings. The van der Waals surface area contributed by atoms with Crippen molar-refractivity contribution in [3.8, 4) is 33.2 Å². The maximum Gasteiger partial charge on any atom is 0.433 e. The molecule has 0 saturated carbocycles. The van der Waals surface area contributed by atoms with E-state index < -0.39 is 21.9 Å². The van der Waals surface area contributed by atoms with E-state index >= 15 is 0 Å². The zero-order chi connectivity index (χ0) is 23.1. The van der Waals surface area contributed by atoms with Gasteiger partial charge in [-0.05, 0) is 49.4 Å². The quantitative estimate of drug-likeness (QED) is 0.469. The van der Waals surface area contributed by atoms with Crippen LogP contribution >= 0.6 is 11.3 Å². The number of hydrogen-bond acceptors (Lipinski definition) is 7. The Kier molecular flexibility index (Phi) is 5.53. The van der Waals surface area contributed by atoms with Crippen LogP contribution in [0.2, 0.25) is 0 Å². The Morgan fingerprint density at radius 3 is 2.34 bits per heavy atom. The first-order valence-corrected chi connectivity index (χ1v) is 11.4. The Hall–Kier alpha value is -3.22. The van der Waals surface area contributed by atoms with Gasteiger partial charge in [-0.15, -0.1) is 11.3 Å². The van der Waals surface area contributed by atoms with Gasteiger partial charge in [0.15, 0.2) is 5.82 Å². The molecule has 4 aromatic heterocycles. The number of thiophene rings is 1. The molecule has 0 aromatic carbocycles. The molecule has 0 unspecified atom stereocenters. The van der Waals surface area contributed by atoms with Crippen molar-refractivity contribution in [1.82, 2.24) is 19.9 Å². The number of nitrogens with two attached hydrogens (primary N) is 1. The van der Waals surface area contributed by atoms with E-state index in [4.69, 9.17) is 5.14 Å². The third-order valence-electron chi connectivity index (χ3n) is 4.34. The molecule has 4 aromatic rings. The molecule has 0 atom stereocenters. The molecule has 4 heterocycles. The van der Waals surface area contributed by atoms with E-state index in [9.17, 15) is 21.6 Å². The molecule has 0 spiro atoms. The number of primary sulfonamides is 1. The molecule has 0 radical (unpaired) electrons. The summed E-state index contributed by atoms with van der Waals surface area (Å²) in [5.41, 5.74) is 1.56. The highest BCUT2D eigenvalue weighted by atomic mass is 32.2. The van der Waals surface area contributed by atoms with Crippen molar-refractivity contribution in [3.63, 3.8) is 0 Å². The van der Waals surface area contributed by atoms with Gasteiger partial charge in [-0.1, -0.05) is 0 Å². The van der Waals surface area contributed by atoms with Crippen molar-refractivity contribution in [2.75, 3.05) is 0 Å². The van der Waals surface area contributed by atoms with Crippen LogP contribution in [0.25, 0.3) is 33.2 Å². The highest BCUT2D eigenvalue weighted by molar-refractivity contribution is 7.91. The molecule has 32 heavy (non-hydrogen) atoms. The lowest BCUT2D eigenvalue weighted by Gasteiger charge is -2.09. The molecule has 0 aliphatic heterocycles. The summed E-state index contributed by atoms with van der Waals surface area (Å²) in [6, 6.07) is 10.2. The SMILES string of the molecule is Cc1cc(-c2ccc(C(F)(F)F)nc2)nc(-c2ccnc(-c3ccc(S(N)(=O)=O)s3)c2)n1. The van der Waals surface area contributed by atoms with Gasteiger partial charge in [-0.2, -0.15) is 13.2 Å². The van der Waals surface area contributed by atoms with Gasteiger partial charge in [0.05, 0.1) is 16.3 Å². The fourth-order valence-corrected chi connectivity index (χ4v) is 4.57. The third kappa shape index (κ3) is 4.66. The van der Waals surface area contributed by atoms with Crippen LogP contribution in [-0.4, -0.2) is 28.4 Å². The first kappa shape index (κ1) is 22.0. The fraction of sp³-hybridized carbons (Fsp3) is 0.100. The molecular formula is C20H14F3N5O2S2. The predicted molar refractivity (Wildman–Crippen MR) is 113 cm³/mol. The topological polar surface area (TPSA) is 112 Å². The number of aryl methyl sites for hydroxylation is 1. The van der Waals surface area contributed by atoms with Crippen LogP contribution in [0.3, 0.4) is 0 Å². The molecule has 0 aliphatic carbocycles. The van der Waals surface area contributed by atoms with Crippen LogP contribution < -0.4 is 5.14 Å². The highest BCUT2D eigenvalue weighted by Crippen LogP contribution is 2.32. The van der Waals surface area contributed by atoms with Crippen LogP contribution in [0.1, 0.15) is 11.4 Å². The summed E-state index contributed by atoms with van der Waals surface area (Å²) >= 11 is 0.987. The molecule has 0 saturated heterocycles. The number of alkyl halides is 3. The minimum atomic E-state index is -4.52. The zero-order valence-corrected chi connectivity index (χ0v) is 18.0. The zero-order valence-electron chi connectivity index (χ0n) is 16.3. The van der Waals surface area contributed by atoms with E-state index in [1.807, 2.05) is 0 Å². The maximum absolute atomic E-state index is 12.8. The van der Waals surface area contributed by atoms with E-state index in [1.54, 1.807) is 31.2 Å². The van der Waals surface area contributed by atoms with Gasteiger partial charge in [0.2, 0.25) is 10.0 Å². The highest BCUT2D eigenvalue weighted by Gasteiger charge is 2.32. The second kappa shape index (κ2) is 8.04. The molecule has 164 valence electrons. The lowest BCUT2D eigenvalue weighted by molar-refractivity contribution is -0.141. The van der Waals surface area contributed by atoms with Crippen molar-refractivity contribution in [2.45, 2.75) is 17.3 Å². The largest absolute Gasteiger partial charge is 0.433 e. The minimum Gasteiger partial charge on any atom is -0.255 e. The average molecular weight is 477 g/mol. The van der Waals surface area contributed by atoms with Gasteiger partial charge < -0.3 is 0 Å². The minimum absolute atomic E-state index is 0.0172. The monoisotopic (exact) mass is 477 g/mol. The van der Waals surface area contributed by atoms with Crippen LogP contribution in [0, 0.1) is 6.92 Å². The van der Waals surface area contributed by atoms with Crippen LogP contribution in [0.4, 0.5) is 13.2 Å². The average Bonchev–Trinajstić information content (AvgIpc) is 3.24. The Labute approximate surface area is 184 Å².